The fourth-order valence-corrected chi connectivity index (χ4v) is 3.18. The van der Waals surface area contributed by atoms with Crippen LogP contribution in [0.4, 0.5) is 17.1 Å². The number of methoxy groups -OCH3 is 1. The topological polar surface area (TPSA) is 119 Å². The van der Waals surface area contributed by atoms with Crippen molar-refractivity contribution in [3.8, 4) is 5.75 Å². The van der Waals surface area contributed by atoms with Gasteiger partial charge in [-0.25, -0.2) is 0 Å². The van der Waals surface area contributed by atoms with Gasteiger partial charge in [-0.2, -0.15) is 0 Å². The normalized spacial score (nSPS) is 13.9. The highest BCUT2D eigenvalue weighted by Gasteiger charge is 2.29. The highest BCUT2D eigenvalue weighted by molar-refractivity contribution is 5.98. The SMILES string of the molecule is COc1ccc(N2CCN(C(=O)c3ccccc3[N+](=O)[O-])CC2)c([N+](=O)[O-])c1. The summed E-state index contributed by atoms with van der Waals surface area (Å²) in [6.45, 7) is 1.35. The van der Waals surface area contributed by atoms with Crippen molar-refractivity contribution in [1.29, 1.82) is 0 Å². The summed E-state index contributed by atoms with van der Waals surface area (Å²) in [6, 6.07) is 10.4. The summed E-state index contributed by atoms with van der Waals surface area (Å²) in [5, 5.41) is 22.5. The molecule has 0 aliphatic carbocycles. The minimum absolute atomic E-state index is 0.0383. The third-order valence-electron chi connectivity index (χ3n) is 4.62. The molecule has 0 atom stereocenters. The Labute approximate surface area is 160 Å². The number of para-hydroxylation sites is 1. The first kappa shape index (κ1) is 19.1. The van der Waals surface area contributed by atoms with E-state index in [2.05, 4.69) is 0 Å². The van der Waals surface area contributed by atoms with Crippen molar-refractivity contribution in [2.45, 2.75) is 0 Å². The Morgan fingerprint density at radius 1 is 0.964 bits per heavy atom. The molecule has 0 aromatic heterocycles. The third kappa shape index (κ3) is 3.70. The van der Waals surface area contributed by atoms with Gasteiger partial charge in [0.05, 0.1) is 23.0 Å². The van der Waals surface area contributed by atoms with E-state index >= 15 is 0 Å². The molecule has 1 saturated heterocycles. The van der Waals surface area contributed by atoms with Gasteiger partial charge < -0.3 is 14.5 Å². The van der Waals surface area contributed by atoms with Crippen LogP contribution in [-0.2, 0) is 0 Å². The van der Waals surface area contributed by atoms with Crippen LogP contribution in [0.3, 0.4) is 0 Å². The van der Waals surface area contributed by atoms with Gasteiger partial charge in [-0.3, -0.25) is 25.0 Å². The monoisotopic (exact) mass is 386 g/mol. The van der Waals surface area contributed by atoms with Crippen LogP contribution in [0.25, 0.3) is 0 Å². The molecule has 1 amide bonds. The average molecular weight is 386 g/mol. The van der Waals surface area contributed by atoms with Crippen LogP contribution in [0.5, 0.6) is 5.75 Å². The Morgan fingerprint density at radius 3 is 2.21 bits per heavy atom. The predicted molar refractivity (Wildman–Crippen MR) is 101 cm³/mol. The lowest BCUT2D eigenvalue weighted by Gasteiger charge is -2.35. The summed E-state index contributed by atoms with van der Waals surface area (Å²) in [7, 11) is 1.44. The Balaban J connectivity index is 1.76. The maximum Gasteiger partial charge on any atom is 0.296 e. The molecule has 0 bridgehead atoms. The fraction of sp³-hybridized carbons (Fsp3) is 0.278. The van der Waals surface area contributed by atoms with E-state index in [0.29, 0.717) is 37.6 Å². The molecule has 28 heavy (non-hydrogen) atoms. The molecule has 1 heterocycles. The number of nitrogens with zero attached hydrogens (tertiary/aromatic N) is 4. The highest BCUT2D eigenvalue weighted by Crippen LogP contribution is 2.33. The van der Waals surface area contributed by atoms with Gasteiger partial charge in [-0.1, -0.05) is 12.1 Å². The highest BCUT2D eigenvalue weighted by atomic mass is 16.6. The van der Waals surface area contributed by atoms with Crippen LogP contribution >= 0.6 is 0 Å². The molecule has 3 rings (SSSR count). The van der Waals surface area contributed by atoms with E-state index in [0.717, 1.165) is 0 Å². The van der Waals surface area contributed by atoms with Gasteiger partial charge in [-0.15, -0.1) is 0 Å². The lowest BCUT2D eigenvalue weighted by molar-refractivity contribution is -0.385. The number of hydrogen-bond donors (Lipinski definition) is 0. The van der Waals surface area contributed by atoms with Crippen LogP contribution in [0.15, 0.2) is 42.5 Å². The molecule has 10 heteroatoms. The molecule has 0 N–H and O–H groups in total. The molecule has 0 spiro atoms. The van der Waals surface area contributed by atoms with Crippen LogP contribution in [-0.4, -0.2) is 53.9 Å². The zero-order chi connectivity index (χ0) is 20.3. The molecule has 2 aromatic rings. The second-order valence-corrected chi connectivity index (χ2v) is 6.17. The van der Waals surface area contributed by atoms with Crippen molar-refractivity contribution in [2.24, 2.45) is 0 Å². The molecular formula is C18H18N4O6. The molecule has 1 aliphatic heterocycles. The molecule has 0 unspecified atom stereocenters. The molecule has 1 aliphatic rings. The first-order valence-electron chi connectivity index (χ1n) is 8.52. The van der Waals surface area contributed by atoms with E-state index in [1.807, 2.05) is 4.90 Å². The minimum atomic E-state index is -0.579. The summed E-state index contributed by atoms with van der Waals surface area (Å²) >= 11 is 0. The maximum atomic E-state index is 12.7. The van der Waals surface area contributed by atoms with Crippen LogP contribution < -0.4 is 9.64 Å². The average Bonchev–Trinajstić information content (AvgIpc) is 2.72. The Hall–Kier alpha value is -3.69. The number of nitro groups is 2. The van der Waals surface area contributed by atoms with Gasteiger partial charge in [0, 0.05) is 32.2 Å². The smallest absolute Gasteiger partial charge is 0.296 e. The van der Waals surface area contributed by atoms with Crippen LogP contribution in [0, 0.1) is 20.2 Å². The van der Waals surface area contributed by atoms with E-state index in [-0.39, 0.29) is 16.9 Å². The second kappa shape index (κ2) is 7.91. The number of hydrogen-bond acceptors (Lipinski definition) is 7. The minimum Gasteiger partial charge on any atom is -0.496 e. The Bertz CT molecular complexity index is 924. The zero-order valence-corrected chi connectivity index (χ0v) is 15.1. The summed E-state index contributed by atoms with van der Waals surface area (Å²) in [5.41, 5.74) is 0.179. The van der Waals surface area contributed by atoms with Gasteiger partial charge in [0.25, 0.3) is 17.3 Å². The van der Waals surface area contributed by atoms with Crippen molar-refractivity contribution < 1.29 is 19.4 Å². The summed E-state index contributed by atoms with van der Waals surface area (Å²) in [6.07, 6.45) is 0. The van der Waals surface area contributed by atoms with Crippen LogP contribution in [0.2, 0.25) is 0 Å². The van der Waals surface area contributed by atoms with E-state index in [1.165, 1.54) is 36.3 Å². The summed E-state index contributed by atoms with van der Waals surface area (Å²) < 4.78 is 5.04. The van der Waals surface area contributed by atoms with Gasteiger partial charge >= 0.3 is 0 Å². The lowest BCUT2D eigenvalue weighted by atomic mass is 10.1. The van der Waals surface area contributed by atoms with Gasteiger partial charge in [0.2, 0.25) is 0 Å². The fourth-order valence-electron chi connectivity index (χ4n) is 3.18. The number of ether oxygens (including phenoxy) is 1. The van der Waals surface area contributed by atoms with Crippen LogP contribution in [0.1, 0.15) is 10.4 Å². The predicted octanol–water partition coefficient (Wildman–Crippen LogP) is 2.47. The molecule has 1 fully saturated rings. The van der Waals surface area contributed by atoms with Crippen molar-refractivity contribution >= 4 is 23.0 Å². The Morgan fingerprint density at radius 2 is 1.61 bits per heavy atom. The second-order valence-electron chi connectivity index (χ2n) is 6.17. The van der Waals surface area contributed by atoms with E-state index in [9.17, 15) is 25.0 Å². The number of nitro benzene ring substituents is 2. The standard InChI is InChI=1S/C18H18N4O6/c1-28-13-6-7-16(17(12-13)22(26)27)19-8-10-20(11-9-19)18(23)14-4-2-3-5-15(14)21(24)25/h2-7,12H,8-11H2,1H3. The Kier molecular flexibility index (Phi) is 5.39. The molecule has 10 nitrogen and oxygen atoms in total. The van der Waals surface area contributed by atoms with Gasteiger partial charge in [-0.05, 0) is 18.2 Å². The van der Waals surface area contributed by atoms with Gasteiger partial charge in [0.15, 0.2) is 0 Å². The van der Waals surface area contributed by atoms with Crippen molar-refractivity contribution in [3.63, 3.8) is 0 Å². The molecule has 2 aromatic carbocycles. The number of amides is 1. The molecule has 0 radical (unpaired) electrons. The first-order valence-corrected chi connectivity index (χ1v) is 8.52. The molecule has 0 saturated carbocycles. The van der Waals surface area contributed by atoms with Gasteiger partial charge in [0.1, 0.15) is 17.0 Å². The van der Waals surface area contributed by atoms with E-state index in [4.69, 9.17) is 4.74 Å². The van der Waals surface area contributed by atoms with E-state index < -0.39 is 15.8 Å². The number of carbonyl (C=O) groups is 1. The lowest BCUT2D eigenvalue weighted by Crippen LogP contribution is -2.49. The van der Waals surface area contributed by atoms with Crippen molar-refractivity contribution in [3.05, 3.63) is 68.3 Å². The molecule has 146 valence electrons. The molecular weight excluding hydrogens is 368 g/mol. The first-order chi connectivity index (χ1) is 13.4. The summed E-state index contributed by atoms with van der Waals surface area (Å²) in [5.74, 6) is -0.0307. The number of rotatable bonds is 5. The van der Waals surface area contributed by atoms with Crippen molar-refractivity contribution in [1.82, 2.24) is 4.90 Å². The number of piperazine rings is 1. The maximum absolute atomic E-state index is 12.7. The quantitative estimate of drug-likeness (QED) is 0.572. The number of carbonyl (C=O) groups excluding carboxylic acids is 1. The largest absolute Gasteiger partial charge is 0.496 e. The number of anilines is 1. The van der Waals surface area contributed by atoms with Crippen molar-refractivity contribution in [2.75, 3.05) is 38.2 Å². The summed E-state index contributed by atoms with van der Waals surface area (Å²) in [4.78, 5) is 37.5. The third-order valence-corrected chi connectivity index (χ3v) is 4.62. The number of benzene rings is 2. The van der Waals surface area contributed by atoms with E-state index in [1.54, 1.807) is 18.2 Å². The zero-order valence-electron chi connectivity index (χ0n) is 15.1.